The highest BCUT2D eigenvalue weighted by Gasteiger charge is 2.30. The van der Waals surface area contributed by atoms with Crippen molar-refractivity contribution in [3.05, 3.63) is 76.0 Å². The van der Waals surface area contributed by atoms with Crippen LogP contribution in [0.1, 0.15) is 54.4 Å². The lowest BCUT2D eigenvalue weighted by Gasteiger charge is -2.11. The van der Waals surface area contributed by atoms with Gasteiger partial charge in [-0.05, 0) is 50.1 Å². The number of carbonyl (C=O) groups is 1. The first-order valence-electron chi connectivity index (χ1n) is 12.0. The van der Waals surface area contributed by atoms with E-state index in [9.17, 15) is 23.4 Å². The molecule has 0 spiro atoms. The van der Waals surface area contributed by atoms with Gasteiger partial charge in [0.25, 0.3) is 5.91 Å². The van der Waals surface area contributed by atoms with Gasteiger partial charge in [-0.1, -0.05) is 36.6 Å². The normalized spacial score (nSPS) is 14.5. The van der Waals surface area contributed by atoms with Gasteiger partial charge in [-0.25, -0.2) is 13.4 Å². The molecular formula is C28H29N3O5S. The van der Waals surface area contributed by atoms with Gasteiger partial charge in [0.1, 0.15) is 10.7 Å². The van der Waals surface area contributed by atoms with Crippen LogP contribution in [0.2, 0.25) is 0 Å². The molecule has 1 heterocycles. The van der Waals surface area contributed by atoms with Crippen LogP contribution in [0.4, 0.5) is 0 Å². The SMILES string of the molecule is C#C/C(=C\C=C(/C)CNC(=O)c1ccc2c(c1)nc(C1CC1)n2Cc1cccc(O)c1O)S(=O)(=O)CC. The number of fused-ring (bicyclic) bond motifs is 1. The maximum absolute atomic E-state index is 12.8. The molecule has 3 aromatic rings. The molecule has 0 radical (unpaired) electrons. The third-order valence-corrected chi connectivity index (χ3v) is 8.00. The fourth-order valence-electron chi connectivity index (χ4n) is 3.98. The van der Waals surface area contributed by atoms with Gasteiger partial charge in [0, 0.05) is 23.6 Å². The molecular weight excluding hydrogens is 490 g/mol. The summed E-state index contributed by atoms with van der Waals surface area (Å²) < 4.78 is 26.0. The number of amides is 1. The van der Waals surface area contributed by atoms with Crippen molar-refractivity contribution in [3.63, 3.8) is 0 Å². The van der Waals surface area contributed by atoms with Crippen molar-refractivity contribution in [2.45, 2.75) is 39.2 Å². The number of allylic oxidation sites excluding steroid dienone is 3. The molecule has 1 amide bonds. The van der Waals surface area contributed by atoms with Gasteiger partial charge in [0.15, 0.2) is 21.3 Å². The fraction of sp³-hybridized carbons (Fsp3) is 0.286. The van der Waals surface area contributed by atoms with Crippen molar-refractivity contribution in [2.75, 3.05) is 12.3 Å². The maximum Gasteiger partial charge on any atom is 0.251 e. The van der Waals surface area contributed by atoms with E-state index in [1.54, 1.807) is 37.3 Å². The number of phenols is 2. The van der Waals surface area contributed by atoms with Crippen LogP contribution >= 0.6 is 0 Å². The van der Waals surface area contributed by atoms with Gasteiger partial charge in [0.2, 0.25) is 0 Å². The molecule has 192 valence electrons. The van der Waals surface area contributed by atoms with Crippen molar-refractivity contribution in [3.8, 4) is 23.8 Å². The van der Waals surface area contributed by atoms with Crippen LogP contribution in [-0.2, 0) is 16.4 Å². The van der Waals surface area contributed by atoms with E-state index < -0.39 is 9.84 Å². The van der Waals surface area contributed by atoms with Crippen molar-refractivity contribution in [2.24, 2.45) is 0 Å². The number of aromatic hydroxyl groups is 2. The Morgan fingerprint density at radius 2 is 2.00 bits per heavy atom. The molecule has 4 rings (SSSR count). The topological polar surface area (TPSA) is 122 Å². The summed E-state index contributed by atoms with van der Waals surface area (Å²) in [6, 6.07) is 10.2. The van der Waals surface area contributed by atoms with E-state index in [1.165, 1.54) is 19.1 Å². The zero-order valence-electron chi connectivity index (χ0n) is 20.7. The van der Waals surface area contributed by atoms with E-state index in [-0.39, 0.29) is 34.6 Å². The van der Waals surface area contributed by atoms with Crippen molar-refractivity contribution in [1.82, 2.24) is 14.9 Å². The van der Waals surface area contributed by atoms with Crippen LogP contribution < -0.4 is 5.32 Å². The number of sulfone groups is 1. The van der Waals surface area contributed by atoms with E-state index in [0.29, 0.717) is 29.1 Å². The molecule has 0 atom stereocenters. The number of aromatic nitrogens is 2. The highest BCUT2D eigenvalue weighted by Crippen LogP contribution is 2.41. The van der Waals surface area contributed by atoms with Crippen LogP contribution in [0, 0.1) is 12.3 Å². The molecule has 0 saturated heterocycles. The minimum atomic E-state index is -3.47. The molecule has 2 aromatic carbocycles. The Labute approximate surface area is 216 Å². The number of nitrogens with one attached hydrogen (secondary N) is 1. The molecule has 1 aliphatic rings. The summed E-state index contributed by atoms with van der Waals surface area (Å²) in [5, 5.41) is 23.0. The standard InChI is InChI=1S/C28H29N3O5S/c1-4-22(37(35,36)5-2)13-9-18(3)16-29-28(34)20-12-14-24-23(15-20)30-27(19-10-11-19)31(24)17-21-7-6-8-25(32)26(21)33/h1,6-9,12-15,19,32-33H,5,10-11,16-17H2,2-3H3,(H,29,34)/b18-9+,22-13+. The number of nitrogens with zero attached hydrogens (tertiary/aromatic N) is 2. The Bertz CT molecular complexity index is 1570. The Kier molecular flexibility index (Phi) is 7.41. The monoisotopic (exact) mass is 519 g/mol. The van der Waals surface area contributed by atoms with E-state index in [0.717, 1.165) is 29.8 Å². The van der Waals surface area contributed by atoms with Crippen LogP contribution in [-0.4, -0.2) is 46.4 Å². The van der Waals surface area contributed by atoms with Gasteiger partial charge in [-0.3, -0.25) is 4.79 Å². The minimum absolute atomic E-state index is 0.0810. The summed E-state index contributed by atoms with van der Waals surface area (Å²) in [7, 11) is -3.47. The zero-order valence-corrected chi connectivity index (χ0v) is 21.5. The lowest BCUT2D eigenvalue weighted by molar-refractivity contribution is 0.0957. The summed E-state index contributed by atoms with van der Waals surface area (Å²) >= 11 is 0. The van der Waals surface area contributed by atoms with E-state index in [4.69, 9.17) is 11.4 Å². The Morgan fingerprint density at radius 3 is 2.68 bits per heavy atom. The first kappa shape index (κ1) is 26.0. The Morgan fingerprint density at radius 1 is 1.24 bits per heavy atom. The van der Waals surface area contributed by atoms with E-state index >= 15 is 0 Å². The second-order valence-corrected chi connectivity index (χ2v) is 11.3. The highest BCUT2D eigenvalue weighted by molar-refractivity contribution is 7.95. The molecule has 1 saturated carbocycles. The second kappa shape index (κ2) is 10.5. The number of hydrogen-bond acceptors (Lipinski definition) is 6. The predicted molar refractivity (Wildman–Crippen MR) is 143 cm³/mol. The molecule has 0 unspecified atom stereocenters. The third kappa shape index (κ3) is 5.70. The van der Waals surface area contributed by atoms with Gasteiger partial charge in [0.05, 0.1) is 23.3 Å². The Hall–Kier alpha value is -4.03. The lowest BCUT2D eigenvalue weighted by Crippen LogP contribution is -2.25. The van der Waals surface area contributed by atoms with E-state index in [1.807, 2.05) is 10.6 Å². The fourth-order valence-corrected chi connectivity index (χ4v) is 4.75. The van der Waals surface area contributed by atoms with Crippen molar-refractivity contribution < 1.29 is 23.4 Å². The smallest absolute Gasteiger partial charge is 0.251 e. The summed E-state index contributed by atoms with van der Waals surface area (Å²) in [6.45, 7) is 3.86. The molecule has 9 heteroatoms. The molecule has 0 aliphatic heterocycles. The number of hydrogen-bond donors (Lipinski definition) is 3. The van der Waals surface area contributed by atoms with Crippen LogP contribution in [0.5, 0.6) is 11.5 Å². The summed E-state index contributed by atoms with van der Waals surface area (Å²) in [6.07, 6.45) is 10.4. The Balaban J connectivity index is 1.53. The molecule has 1 aromatic heterocycles. The lowest BCUT2D eigenvalue weighted by atomic mass is 10.1. The largest absolute Gasteiger partial charge is 0.504 e. The predicted octanol–water partition coefficient (Wildman–Crippen LogP) is 4.00. The van der Waals surface area contributed by atoms with Crippen LogP contribution in [0.15, 0.2) is 59.0 Å². The van der Waals surface area contributed by atoms with Gasteiger partial charge < -0.3 is 20.1 Å². The number of phenolic OH excluding ortho intramolecular Hbond substituents is 2. The molecule has 1 aliphatic carbocycles. The quantitative estimate of drug-likeness (QED) is 0.223. The van der Waals surface area contributed by atoms with Gasteiger partial charge in [-0.15, -0.1) is 6.42 Å². The number of imidazole rings is 1. The highest BCUT2D eigenvalue weighted by atomic mass is 32.2. The van der Waals surface area contributed by atoms with Crippen LogP contribution in [0.25, 0.3) is 11.0 Å². The summed E-state index contributed by atoms with van der Waals surface area (Å²) in [4.78, 5) is 17.5. The number of terminal acetylenes is 1. The number of benzene rings is 2. The van der Waals surface area contributed by atoms with Crippen molar-refractivity contribution in [1.29, 1.82) is 0 Å². The molecule has 37 heavy (non-hydrogen) atoms. The first-order chi connectivity index (χ1) is 17.6. The zero-order chi connectivity index (χ0) is 26.7. The second-order valence-electron chi connectivity index (χ2n) is 9.09. The van der Waals surface area contributed by atoms with Gasteiger partial charge in [-0.2, -0.15) is 0 Å². The summed E-state index contributed by atoms with van der Waals surface area (Å²) in [5.74, 6) is 2.74. The first-order valence-corrected chi connectivity index (χ1v) is 13.6. The number of rotatable bonds is 9. The van der Waals surface area contributed by atoms with E-state index in [2.05, 4.69) is 11.2 Å². The molecule has 0 bridgehead atoms. The third-order valence-electron chi connectivity index (χ3n) is 6.31. The van der Waals surface area contributed by atoms with Crippen molar-refractivity contribution >= 4 is 26.8 Å². The van der Waals surface area contributed by atoms with Crippen LogP contribution in [0.3, 0.4) is 0 Å². The van der Waals surface area contributed by atoms with Gasteiger partial charge >= 0.3 is 0 Å². The molecule has 3 N–H and O–H groups in total. The average molecular weight is 520 g/mol. The molecule has 8 nitrogen and oxygen atoms in total. The average Bonchev–Trinajstić information content (AvgIpc) is 3.67. The molecule has 1 fully saturated rings. The number of para-hydroxylation sites is 1. The number of carbonyl (C=O) groups excluding carboxylic acids is 1. The minimum Gasteiger partial charge on any atom is -0.504 e. The summed E-state index contributed by atoms with van der Waals surface area (Å²) in [5.41, 5.74) is 3.27. The maximum atomic E-state index is 12.8.